The van der Waals surface area contributed by atoms with Gasteiger partial charge < -0.3 is 11.1 Å². The molecule has 0 aromatic heterocycles. The van der Waals surface area contributed by atoms with Gasteiger partial charge in [-0.1, -0.05) is 24.6 Å². The van der Waals surface area contributed by atoms with Gasteiger partial charge in [-0.25, -0.2) is 0 Å². The van der Waals surface area contributed by atoms with Crippen LogP contribution < -0.4 is 11.1 Å². The average molecular weight is 239 g/mol. The third kappa shape index (κ3) is 1.92. The van der Waals surface area contributed by atoms with Crippen LogP contribution in [-0.4, -0.2) is 13.1 Å². The van der Waals surface area contributed by atoms with Gasteiger partial charge in [-0.15, -0.1) is 0 Å². The Morgan fingerprint density at radius 3 is 3.00 bits per heavy atom. The zero-order chi connectivity index (χ0) is 11.7. The van der Waals surface area contributed by atoms with E-state index in [4.69, 9.17) is 17.3 Å². The van der Waals surface area contributed by atoms with Crippen LogP contribution in [0, 0.1) is 12.8 Å². The summed E-state index contributed by atoms with van der Waals surface area (Å²) in [5.41, 5.74) is 9.44. The molecule has 0 saturated heterocycles. The number of benzene rings is 1. The van der Waals surface area contributed by atoms with Crippen molar-refractivity contribution in [1.29, 1.82) is 0 Å². The number of halogens is 1. The lowest BCUT2D eigenvalue weighted by Crippen LogP contribution is -2.15. The maximum atomic E-state index is 6.12. The zero-order valence-corrected chi connectivity index (χ0v) is 10.6. The molecule has 1 aliphatic rings. The molecule has 2 unspecified atom stereocenters. The Morgan fingerprint density at radius 1 is 1.56 bits per heavy atom. The summed E-state index contributed by atoms with van der Waals surface area (Å²) >= 11 is 6.12. The first-order chi connectivity index (χ1) is 7.65. The van der Waals surface area contributed by atoms with Crippen LogP contribution in [0.15, 0.2) is 12.1 Å². The molecule has 1 heterocycles. The molecule has 0 spiro atoms. The Hall–Kier alpha value is -0.730. The van der Waals surface area contributed by atoms with Crippen molar-refractivity contribution in [1.82, 2.24) is 0 Å². The van der Waals surface area contributed by atoms with Crippen molar-refractivity contribution < 1.29 is 0 Å². The minimum atomic E-state index is 0.578. The van der Waals surface area contributed by atoms with E-state index in [2.05, 4.69) is 25.2 Å². The largest absolute Gasteiger partial charge is 0.384 e. The Bertz CT molecular complexity index is 390. The van der Waals surface area contributed by atoms with Crippen molar-refractivity contribution in [2.45, 2.75) is 26.2 Å². The molecule has 1 aromatic carbocycles. The van der Waals surface area contributed by atoms with Gasteiger partial charge >= 0.3 is 0 Å². The molecule has 0 aliphatic carbocycles. The summed E-state index contributed by atoms with van der Waals surface area (Å²) in [6.45, 7) is 6.12. The molecule has 1 aliphatic heterocycles. The zero-order valence-electron chi connectivity index (χ0n) is 9.89. The lowest BCUT2D eigenvalue weighted by atomic mass is 9.86. The molecule has 0 amide bonds. The van der Waals surface area contributed by atoms with Gasteiger partial charge in [0.25, 0.3) is 0 Å². The van der Waals surface area contributed by atoms with E-state index in [0.717, 1.165) is 24.5 Å². The van der Waals surface area contributed by atoms with Gasteiger partial charge in [-0.3, -0.25) is 0 Å². The lowest BCUT2D eigenvalue weighted by molar-refractivity contribution is 0.458. The van der Waals surface area contributed by atoms with Crippen LogP contribution >= 0.6 is 11.6 Å². The van der Waals surface area contributed by atoms with Gasteiger partial charge in [0.2, 0.25) is 0 Å². The summed E-state index contributed by atoms with van der Waals surface area (Å²) < 4.78 is 0. The van der Waals surface area contributed by atoms with Crippen molar-refractivity contribution >= 4 is 17.3 Å². The van der Waals surface area contributed by atoms with E-state index < -0.39 is 0 Å². The van der Waals surface area contributed by atoms with Gasteiger partial charge in [0, 0.05) is 23.2 Å². The summed E-state index contributed by atoms with van der Waals surface area (Å²) in [5.74, 6) is 1.20. The highest BCUT2D eigenvalue weighted by Gasteiger charge is 2.28. The van der Waals surface area contributed by atoms with E-state index >= 15 is 0 Å². The topological polar surface area (TPSA) is 38.0 Å². The number of anilines is 1. The first-order valence-corrected chi connectivity index (χ1v) is 6.26. The normalized spacial score (nSPS) is 20.4. The number of hydrogen-bond acceptors (Lipinski definition) is 2. The predicted octanol–water partition coefficient (Wildman–Crippen LogP) is 3.14. The highest BCUT2D eigenvalue weighted by Crippen LogP contribution is 2.41. The van der Waals surface area contributed by atoms with Crippen LogP contribution in [0.2, 0.25) is 5.02 Å². The molecule has 0 fully saturated rings. The van der Waals surface area contributed by atoms with Gasteiger partial charge in [-0.2, -0.15) is 0 Å². The van der Waals surface area contributed by atoms with Crippen molar-refractivity contribution in [2.75, 3.05) is 18.4 Å². The lowest BCUT2D eigenvalue weighted by Gasteiger charge is -2.18. The Kier molecular flexibility index (Phi) is 3.41. The second-order valence-corrected chi connectivity index (χ2v) is 5.09. The van der Waals surface area contributed by atoms with Crippen LogP contribution in [0.3, 0.4) is 0 Å². The van der Waals surface area contributed by atoms with Crippen LogP contribution in [0.25, 0.3) is 0 Å². The number of rotatable bonds is 3. The molecule has 3 heteroatoms. The first-order valence-electron chi connectivity index (χ1n) is 5.88. The fourth-order valence-electron chi connectivity index (χ4n) is 2.54. The molecule has 0 saturated carbocycles. The quantitative estimate of drug-likeness (QED) is 0.849. The number of nitrogens with two attached hydrogens (primary N) is 1. The van der Waals surface area contributed by atoms with Gasteiger partial charge in [0.05, 0.1) is 0 Å². The van der Waals surface area contributed by atoms with Crippen molar-refractivity contribution in [3.05, 3.63) is 28.3 Å². The molecule has 2 atom stereocenters. The van der Waals surface area contributed by atoms with E-state index in [-0.39, 0.29) is 0 Å². The molecule has 0 bridgehead atoms. The second kappa shape index (κ2) is 4.64. The molecule has 3 N–H and O–H groups in total. The highest BCUT2D eigenvalue weighted by atomic mass is 35.5. The SMILES string of the molecule is Cc1c(Cl)ccc2c1NCC2C(C)CCN. The van der Waals surface area contributed by atoms with Crippen molar-refractivity contribution in [3.8, 4) is 0 Å². The Balaban J connectivity index is 2.30. The minimum Gasteiger partial charge on any atom is -0.384 e. The van der Waals surface area contributed by atoms with Crippen LogP contribution in [0.4, 0.5) is 5.69 Å². The molecule has 0 radical (unpaired) electrons. The number of fused-ring (bicyclic) bond motifs is 1. The van der Waals surface area contributed by atoms with Gasteiger partial charge in [0.1, 0.15) is 0 Å². The minimum absolute atomic E-state index is 0.578. The average Bonchev–Trinajstić information content (AvgIpc) is 2.68. The molecule has 16 heavy (non-hydrogen) atoms. The van der Waals surface area contributed by atoms with E-state index in [9.17, 15) is 0 Å². The van der Waals surface area contributed by atoms with Crippen LogP contribution in [-0.2, 0) is 0 Å². The molecular weight excluding hydrogens is 220 g/mol. The third-order valence-corrected chi connectivity index (χ3v) is 4.05. The summed E-state index contributed by atoms with van der Waals surface area (Å²) in [4.78, 5) is 0. The van der Waals surface area contributed by atoms with E-state index in [1.807, 2.05) is 6.07 Å². The highest BCUT2D eigenvalue weighted by molar-refractivity contribution is 6.31. The van der Waals surface area contributed by atoms with Crippen molar-refractivity contribution in [2.24, 2.45) is 11.7 Å². The standard InChI is InChI=1S/C13H19ClN2/c1-8(5-6-15)11-7-16-13-9(2)12(14)4-3-10(11)13/h3-4,8,11,16H,5-7,15H2,1-2H3. The predicted molar refractivity (Wildman–Crippen MR) is 70.3 cm³/mol. The number of hydrogen-bond donors (Lipinski definition) is 2. The second-order valence-electron chi connectivity index (χ2n) is 4.68. The number of nitrogens with one attached hydrogen (secondary N) is 1. The third-order valence-electron chi connectivity index (χ3n) is 3.64. The van der Waals surface area contributed by atoms with Crippen molar-refractivity contribution in [3.63, 3.8) is 0 Å². The fraction of sp³-hybridized carbons (Fsp3) is 0.538. The first kappa shape index (κ1) is 11.7. The smallest absolute Gasteiger partial charge is 0.0455 e. The summed E-state index contributed by atoms with van der Waals surface area (Å²) in [6.07, 6.45) is 1.08. The maximum absolute atomic E-state index is 6.12. The molecular formula is C13H19ClN2. The Morgan fingerprint density at radius 2 is 2.31 bits per heavy atom. The molecule has 88 valence electrons. The summed E-state index contributed by atoms with van der Waals surface area (Å²) in [7, 11) is 0. The Labute approximate surface area is 102 Å². The summed E-state index contributed by atoms with van der Waals surface area (Å²) in [5, 5.41) is 4.32. The maximum Gasteiger partial charge on any atom is 0.0455 e. The van der Waals surface area contributed by atoms with E-state index in [1.165, 1.54) is 16.8 Å². The monoisotopic (exact) mass is 238 g/mol. The molecule has 2 nitrogen and oxygen atoms in total. The van der Waals surface area contributed by atoms with Crippen LogP contribution in [0.5, 0.6) is 0 Å². The fourth-order valence-corrected chi connectivity index (χ4v) is 2.70. The van der Waals surface area contributed by atoms with E-state index in [0.29, 0.717) is 11.8 Å². The van der Waals surface area contributed by atoms with Crippen LogP contribution in [0.1, 0.15) is 30.4 Å². The van der Waals surface area contributed by atoms with Gasteiger partial charge in [0.15, 0.2) is 0 Å². The van der Waals surface area contributed by atoms with Gasteiger partial charge in [-0.05, 0) is 43.0 Å². The van der Waals surface area contributed by atoms with E-state index in [1.54, 1.807) is 0 Å². The molecule has 2 rings (SSSR count). The summed E-state index contributed by atoms with van der Waals surface area (Å²) in [6, 6.07) is 4.16. The molecule has 1 aromatic rings.